The van der Waals surface area contributed by atoms with Crippen LogP contribution in [0.2, 0.25) is 0 Å². The van der Waals surface area contributed by atoms with Gasteiger partial charge in [0.15, 0.2) is 0 Å². The molecule has 0 aliphatic rings. The SMILES string of the molecule is O=C(Nc1ccc2cc(S(=O)(=O)Nc3cccc(S(=O)(=O)O)c3)ccc2c1)Nc1ccc2cc(S(=O)(=O)Nc3cccc(S(=O)(=O)O)c3)ccc2c1. The second kappa shape index (κ2) is 13.5. The van der Waals surface area contributed by atoms with E-state index in [-0.39, 0.29) is 21.2 Å². The summed E-state index contributed by atoms with van der Waals surface area (Å²) in [4.78, 5) is 11.7. The smallest absolute Gasteiger partial charge is 0.308 e. The standard InChI is InChI=1S/C33H26N4O11S4/c38-33(34-25-11-7-23-17-29(13-9-21(23)15-25)49(39,40)36-27-3-1-5-31(19-27)51(43,44)45)35-26-12-8-24-18-30(14-10-22(24)16-26)50(41,42)37-28-4-2-6-32(20-28)52(46,47)48/h1-20,36-37H,(H2,34,35,38)(H,43,44,45)(H,46,47,48). The van der Waals surface area contributed by atoms with Gasteiger partial charge >= 0.3 is 6.03 Å². The molecule has 6 rings (SSSR count). The number of benzene rings is 6. The van der Waals surface area contributed by atoms with Gasteiger partial charge in [-0.15, -0.1) is 0 Å². The van der Waals surface area contributed by atoms with Gasteiger partial charge < -0.3 is 10.6 Å². The number of rotatable bonds is 10. The lowest BCUT2D eigenvalue weighted by atomic mass is 10.1. The van der Waals surface area contributed by atoms with Crippen molar-refractivity contribution in [1.29, 1.82) is 0 Å². The highest BCUT2D eigenvalue weighted by molar-refractivity contribution is 7.93. The lowest BCUT2D eigenvalue weighted by molar-refractivity contribution is 0.262. The largest absolute Gasteiger partial charge is 0.323 e. The van der Waals surface area contributed by atoms with E-state index in [1.165, 1.54) is 60.7 Å². The van der Waals surface area contributed by atoms with Crippen LogP contribution in [0.15, 0.2) is 141 Å². The van der Waals surface area contributed by atoms with Gasteiger partial charge in [-0.3, -0.25) is 18.5 Å². The van der Waals surface area contributed by atoms with Crippen molar-refractivity contribution in [2.75, 3.05) is 20.1 Å². The fraction of sp³-hybridized carbons (Fsp3) is 0. The summed E-state index contributed by atoms with van der Waals surface area (Å²) >= 11 is 0. The summed E-state index contributed by atoms with van der Waals surface area (Å²) < 4.78 is 121. The maximum Gasteiger partial charge on any atom is 0.323 e. The van der Waals surface area contributed by atoms with Crippen LogP contribution in [0.25, 0.3) is 21.5 Å². The number of carbonyl (C=O) groups is 1. The molecule has 0 saturated heterocycles. The normalized spacial score (nSPS) is 12.3. The van der Waals surface area contributed by atoms with Gasteiger partial charge in [0.2, 0.25) is 0 Å². The van der Waals surface area contributed by atoms with Gasteiger partial charge in [-0.2, -0.15) is 16.8 Å². The number of urea groups is 1. The maximum absolute atomic E-state index is 13.0. The van der Waals surface area contributed by atoms with E-state index in [1.807, 2.05) is 0 Å². The van der Waals surface area contributed by atoms with Crippen molar-refractivity contribution in [3.63, 3.8) is 0 Å². The number of anilines is 4. The molecule has 0 unspecified atom stereocenters. The predicted molar refractivity (Wildman–Crippen MR) is 195 cm³/mol. The Bertz CT molecular complexity index is 2670. The van der Waals surface area contributed by atoms with Crippen molar-refractivity contribution in [2.24, 2.45) is 0 Å². The Morgan fingerprint density at radius 1 is 0.404 bits per heavy atom. The van der Waals surface area contributed by atoms with Crippen molar-refractivity contribution in [3.05, 3.63) is 121 Å². The topological polar surface area (TPSA) is 242 Å². The molecule has 0 saturated carbocycles. The number of carbonyl (C=O) groups excluding carboxylic acids is 1. The molecule has 0 fully saturated rings. The molecule has 6 aromatic rings. The molecule has 15 nitrogen and oxygen atoms in total. The summed E-state index contributed by atoms with van der Waals surface area (Å²) in [6, 6.07) is 27.0. The van der Waals surface area contributed by atoms with Gasteiger partial charge in [0.05, 0.1) is 31.0 Å². The van der Waals surface area contributed by atoms with E-state index in [1.54, 1.807) is 36.4 Å². The van der Waals surface area contributed by atoms with Gasteiger partial charge in [-0.25, -0.2) is 21.6 Å². The molecule has 0 heterocycles. The first-order valence-electron chi connectivity index (χ1n) is 14.7. The van der Waals surface area contributed by atoms with Gasteiger partial charge in [-0.05, 0) is 106 Å². The minimum atomic E-state index is -4.54. The lowest BCUT2D eigenvalue weighted by Gasteiger charge is -2.12. The third kappa shape index (κ3) is 8.31. The minimum absolute atomic E-state index is 0.0674. The van der Waals surface area contributed by atoms with Crippen LogP contribution in [0, 0.1) is 0 Å². The Balaban J connectivity index is 1.12. The monoisotopic (exact) mass is 782 g/mol. The Kier molecular flexibility index (Phi) is 9.42. The molecule has 0 atom stereocenters. The summed E-state index contributed by atoms with van der Waals surface area (Å²) in [5.74, 6) is 0. The Labute approximate surface area is 297 Å². The molecule has 0 aromatic heterocycles. The third-order valence-corrected chi connectivity index (χ3v) is 12.0. The molecule has 268 valence electrons. The lowest BCUT2D eigenvalue weighted by Crippen LogP contribution is -2.19. The van der Waals surface area contributed by atoms with E-state index in [0.29, 0.717) is 32.9 Å². The van der Waals surface area contributed by atoms with Gasteiger partial charge in [0, 0.05) is 11.4 Å². The molecule has 19 heteroatoms. The Morgan fingerprint density at radius 3 is 1.15 bits per heavy atom. The van der Waals surface area contributed by atoms with Crippen LogP contribution in [0.5, 0.6) is 0 Å². The first-order valence-corrected chi connectivity index (χ1v) is 20.6. The van der Waals surface area contributed by atoms with E-state index in [0.717, 1.165) is 24.3 Å². The Morgan fingerprint density at radius 2 is 0.769 bits per heavy atom. The first kappa shape index (κ1) is 36.2. The van der Waals surface area contributed by atoms with Crippen LogP contribution in [-0.4, -0.2) is 48.8 Å². The van der Waals surface area contributed by atoms with Gasteiger partial charge in [0.1, 0.15) is 0 Å². The highest BCUT2D eigenvalue weighted by Crippen LogP contribution is 2.27. The number of amides is 2. The molecule has 6 N–H and O–H groups in total. The van der Waals surface area contributed by atoms with E-state index in [2.05, 4.69) is 20.1 Å². The number of fused-ring (bicyclic) bond motifs is 2. The van der Waals surface area contributed by atoms with Crippen LogP contribution in [-0.2, 0) is 40.3 Å². The summed E-state index contributed by atoms with van der Waals surface area (Å²) in [6.07, 6.45) is 0. The van der Waals surface area contributed by atoms with E-state index >= 15 is 0 Å². The zero-order valence-electron chi connectivity index (χ0n) is 26.2. The quantitative estimate of drug-likeness (QED) is 0.0917. The zero-order valence-corrected chi connectivity index (χ0v) is 29.5. The molecule has 6 aromatic carbocycles. The second-order valence-electron chi connectivity index (χ2n) is 11.2. The van der Waals surface area contributed by atoms with E-state index in [9.17, 15) is 47.6 Å². The average Bonchev–Trinajstić information content (AvgIpc) is 3.07. The average molecular weight is 783 g/mol. The fourth-order valence-electron chi connectivity index (χ4n) is 5.10. The molecule has 52 heavy (non-hydrogen) atoms. The van der Waals surface area contributed by atoms with Crippen molar-refractivity contribution < 1.29 is 47.6 Å². The molecular formula is C33H26N4O11S4. The van der Waals surface area contributed by atoms with Crippen molar-refractivity contribution in [3.8, 4) is 0 Å². The van der Waals surface area contributed by atoms with Gasteiger partial charge in [0.25, 0.3) is 40.3 Å². The maximum atomic E-state index is 13.0. The summed E-state index contributed by atoms with van der Waals surface area (Å²) in [5.41, 5.74) is 0.654. The highest BCUT2D eigenvalue weighted by Gasteiger charge is 2.19. The summed E-state index contributed by atoms with van der Waals surface area (Å²) in [6.45, 7) is 0. The molecule has 0 bridgehead atoms. The fourth-order valence-corrected chi connectivity index (χ4v) is 8.32. The highest BCUT2D eigenvalue weighted by atomic mass is 32.2. The third-order valence-electron chi connectivity index (χ3n) is 7.53. The molecule has 2 amide bonds. The molecule has 0 aliphatic heterocycles. The number of nitrogens with one attached hydrogen (secondary N) is 4. The Hall–Kier alpha value is -5.57. The van der Waals surface area contributed by atoms with Crippen molar-refractivity contribution in [1.82, 2.24) is 0 Å². The summed E-state index contributed by atoms with van der Waals surface area (Å²) in [7, 11) is -17.4. The molecule has 0 aliphatic carbocycles. The predicted octanol–water partition coefficient (Wildman–Crippen LogP) is 5.73. The van der Waals surface area contributed by atoms with Crippen LogP contribution < -0.4 is 20.1 Å². The van der Waals surface area contributed by atoms with E-state index < -0.39 is 56.1 Å². The zero-order chi connectivity index (χ0) is 37.5. The van der Waals surface area contributed by atoms with Crippen LogP contribution >= 0.6 is 0 Å². The number of hydrogen-bond acceptors (Lipinski definition) is 9. The van der Waals surface area contributed by atoms with E-state index in [4.69, 9.17) is 0 Å². The number of sulfonamides is 2. The number of hydrogen-bond donors (Lipinski definition) is 6. The van der Waals surface area contributed by atoms with Crippen molar-refractivity contribution >= 4 is 90.6 Å². The van der Waals surface area contributed by atoms with Crippen LogP contribution in [0.4, 0.5) is 27.5 Å². The first-order chi connectivity index (χ1) is 24.4. The van der Waals surface area contributed by atoms with Crippen LogP contribution in [0.3, 0.4) is 0 Å². The second-order valence-corrected chi connectivity index (χ2v) is 17.5. The van der Waals surface area contributed by atoms with Crippen molar-refractivity contribution in [2.45, 2.75) is 19.6 Å². The summed E-state index contributed by atoms with van der Waals surface area (Å²) in [5, 5.41) is 7.65. The minimum Gasteiger partial charge on any atom is -0.308 e. The van der Waals surface area contributed by atoms with Gasteiger partial charge in [-0.1, -0.05) is 36.4 Å². The van der Waals surface area contributed by atoms with Crippen LogP contribution in [0.1, 0.15) is 0 Å². The molecule has 0 spiro atoms. The molecular weight excluding hydrogens is 757 g/mol. The molecule has 0 radical (unpaired) electrons.